The van der Waals surface area contributed by atoms with Gasteiger partial charge in [0.15, 0.2) is 5.82 Å². The lowest BCUT2D eigenvalue weighted by molar-refractivity contribution is 0.303. The molecule has 170 valence electrons. The molecule has 0 aliphatic rings. The van der Waals surface area contributed by atoms with Crippen LogP contribution < -0.4 is 10.2 Å². The Kier molecular flexibility index (Phi) is 6.24. The Hall–Kier alpha value is -3.75. The maximum atomic E-state index is 13.4. The number of halogens is 2. The molecule has 0 fully saturated rings. The Bertz CT molecular complexity index is 1520. The maximum absolute atomic E-state index is 13.4. The Balaban J connectivity index is 1.47. The molecule has 0 bridgehead atoms. The van der Waals surface area contributed by atoms with Crippen molar-refractivity contribution in [2.24, 2.45) is 0 Å². The molecule has 0 spiro atoms. The Labute approximate surface area is 205 Å². The number of hydrogen-bond donors (Lipinski definition) is 2. The molecular formula is C25H19ClFN5OS. The maximum Gasteiger partial charge on any atom is 0.214 e. The van der Waals surface area contributed by atoms with Crippen molar-refractivity contribution in [3.8, 4) is 17.1 Å². The number of aromatic nitrogens is 4. The third kappa shape index (κ3) is 4.50. The lowest BCUT2D eigenvalue weighted by Gasteiger charge is -2.17. The highest BCUT2D eigenvalue weighted by atomic mass is 35.5. The molecule has 0 saturated carbocycles. The summed E-state index contributed by atoms with van der Waals surface area (Å²) in [5.74, 6) is 0.950. The fourth-order valence-electron chi connectivity index (χ4n) is 3.72. The standard InChI is InChI=1S/C25H19ClFN5OS/c26-22-13-19(27)7-5-18(22)15-33-23-8-6-16-3-1-2-4-20(16)21(23)14-29-32-24(30-31-25(32)34)17-9-11-28-12-10-17/h1-13,29H,14-15H2,(H,31,34). The van der Waals surface area contributed by atoms with Crippen LogP contribution in [-0.2, 0) is 13.2 Å². The van der Waals surface area contributed by atoms with Gasteiger partial charge in [0.25, 0.3) is 0 Å². The summed E-state index contributed by atoms with van der Waals surface area (Å²) in [6, 6.07) is 20.0. The van der Waals surface area contributed by atoms with Gasteiger partial charge in [-0.3, -0.25) is 4.98 Å². The summed E-state index contributed by atoms with van der Waals surface area (Å²) >= 11 is 11.6. The number of aromatic amines is 1. The molecule has 5 aromatic rings. The van der Waals surface area contributed by atoms with Gasteiger partial charge in [-0.25, -0.2) is 14.2 Å². The molecule has 2 heterocycles. The molecule has 0 saturated heterocycles. The minimum Gasteiger partial charge on any atom is -0.488 e. The molecule has 0 aliphatic heterocycles. The van der Waals surface area contributed by atoms with Crippen LogP contribution in [-0.4, -0.2) is 19.9 Å². The predicted octanol–water partition coefficient (Wildman–Crippen LogP) is 6.27. The highest BCUT2D eigenvalue weighted by Crippen LogP contribution is 2.30. The SMILES string of the molecule is Fc1ccc(COc2ccc3ccccc3c2CNn2c(-c3ccncc3)n[nH]c2=S)c(Cl)c1. The van der Waals surface area contributed by atoms with E-state index in [9.17, 15) is 4.39 Å². The van der Waals surface area contributed by atoms with Crippen molar-refractivity contribution >= 4 is 34.6 Å². The average molecular weight is 492 g/mol. The number of nitrogens with zero attached hydrogens (tertiary/aromatic N) is 3. The fourth-order valence-corrected chi connectivity index (χ4v) is 4.14. The van der Waals surface area contributed by atoms with Crippen LogP contribution in [0.2, 0.25) is 5.02 Å². The number of hydrogen-bond acceptors (Lipinski definition) is 5. The molecule has 0 atom stereocenters. The first-order valence-corrected chi connectivity index (χ1v) is 11.3. The van der Waals surface area contributed by atoms with Gasteiger partial charge in [-0.15, -0.1) is 0 Å². The lowest BCUT2D eigenvalue weighted by Crippen LogP contribution is -2.17. The van der Waals surface area contributed by atoms with Crippen molar-refractivity contribution in [1.29, 1.82) is 0 Å². The van der Waals surface area contributed by atoms with Crippen LogP contribution in [0.3, 0.4) is 0 Å². The van der Waals surface area contributed by atoms with Gasteiger partial charge < -0.3 is 10.2 Å². The third-order valence-electron chi connectivity index (χ3n) is 5.42. The predicted molar refractivity (Wildman–Crippen MR) is 133 cm³/mol. The minimum atomic E-state index is -0.383. The molecule has 0 amide bonds. The van der Waals surface area contributed by atoms with Crippen molar-refractivity contribution in [1.82, 2.24) is 19.9 Å². The Morgan fingerprint density at radius 2 is 1.88 bits per heavy atom. The summed E-state index contributed by atoms with van der Waals surface area (Å²) in [5, 5.41) is 9.64. The summed E-state index contributed by atoms with van der Waals surface area (Å²) in [6.45, 7) is 0.623. The highest BCUT2D eigenvalue weighted by Gasteiger charge is 2.13. The summed E-state index contributed by atoms with van der Waals surface area (Å²) in [4.78, 5) is 4.06. The first-order chi connectivity index (χ1) is 16.6. The van der Waals surface area contributed by atoms with Crippen LogP contribution in [0.4, 0.5) is 4.39 Å². The van der Waals surface area contributed by atoms with Crippen LogP contribution in [0, 0.1) is 10.6 Å². The van der Waals surface area contributed by atoms with Gasteiger partial charge in [0, 0.05) is 29.1 Å². The molecule has 5 rings (SSSR count). The Morgan fingerprint density at radius 3 is 2.71 bits per heavy atom. The summed E-state index contributed by atoms with van der Waals surface area (Å²) in [5.41, 5.74) is 5.88. The summed E-state index contributed by atoms with van der Waals surface area (Å²) in [7, 11) is 0. The van der Waals surface area contributed by atoms with E-state index in [1.54, 1.807) is 23.1 Å². The van der Waals surface area contributed by atoms with Gasteiger partial charge in [-0.05, 0) is 53.3 Å². The molecule has 9 heteroatoms. The molecule has 0 aliphatic carbocycles. The number of H-pyrrole nitrogens is 1. The molecule has 0 unspecified atom stereocenters. The minimum absolute atomic E-state index is 0.206. The topological polar surface area (TPSA) is 67.8 Å². The van der Waals surface area contributed by atoms with E-state index in [0.717, 1.165) is 21.9 Å². The van der Waals surface area contributed by atoms with Crippen molar-refractivity contribution in [2.45, 2.75) is 13.2 Å². The van der Waals surface area contributed by atoms with E-state index in [1.165, 1.54) is 12.1 Å². The zero-order valence-corrected chi connectivity index (χ0v) is 19.4. The largest absolute Gasteiger partial charge is 0.488 e. The van der Waals surface area contributed by atoms with Gasteiger partial charge in [-0.2, -0.15) is 5.10 Å². The van der Waals surface area contributed by atoms with E-state index < -0.39 is 0 Å². The third-order valence-corrected chi connectivity index (χ3v) is 6.05. The number of rotatable bonds is 7. The molecule has 6 nitrogen and oxygen atoms in total. The number of pyridine rings is 1. The lowest BCUT2D eigenvalue weighted by atomic mass is 10.0. The van der Waals surface area contributed by atoms with E-state index in [1.807, 2.05) is 48.5 Å². The monoisotopic (exact) mass is 491 g/mol. The Morgan fingerprint density at radius 1 is 1.06 bits per heavy atom. The van der Waals surface area contributed by atoms with Crippen LogP contribution in [0.25, 0.3) is 22.2 Å². The van der Waals surface area contributed by atoms with Gasteiger partial charge in [0.05, 0.1) is 11.6 Å². The quantitative estimate of drug-likeness (QED) is 0.262. The zero-order valence-electron chi connectivity index (χ0n) is 17.8. The van der Waals surface area contributed by atoms with Gasteiger partial charge >= 0.3 is 0 Å². The van der Waals surface area contributed by atoms with Crippen molar-refractivity contribution in [2.75, 3.05) is 5.43 Å². The number of fused-ring (bicyclic) bond motifs is 1. The van der Waals surface area contributed by atoms with Gasteiger partial charge in [-0.1, -0.05) is 48.0 Å². The second kappa shape index (κ2) is 9.62. The highest BCUT2D eigenvalue weighted by molar-refractivity contribution is 7.71. The zero-order chi connectivity index (χ0) is 23.5. The van der Waals surface area contributed by atoms with E-state index in [4.69, 9.17) is 28.6 Å². The van der Waals surface area contributed by atoms with Gasteiger partial charge in [0.1, 0.15) is 18.2 Å². The van der Waals surface area contributed by atoms with E-state index in [2.05, 4.69) is 20.6 Å². The molecule has 3 aromatic carbocycles. The van der Waals surface area contributed by atoms with E-state index in [-0.39, 0.29) is 12.4 Å². The van der Waals surface area contributed by atoms with Crippen molar-refractivity contribution < 1.29 is 9.13 Å². The second-order valence-electron chi connectivity index (χ2n) is 7.55. The first-order valence-electron chi connectivity index (χ1n) is 10.5. The van der Waals surface area contributed by atoms with Gasteiger partial charge in [0.2, 0.25) is 4.77 Å². The van der Waals surface area contributed by atoms with E-state index >= 15 is 0 Å². The average Bonchev–Trinajstić information content (AvgIpc) is 3.23. The normalized spacial score (nSPS) is 11.0. The molecule has 2 aromatic heterocycles. The van der Waals surface area contributed by atoms with Crippen LogP contribution in [0.5, 0.6) is 5.75 Å². The molecule has 2 N–H and O–H groups in total. The number of benzene rings is 3. The smallest absolute Gasteiger partial charge is 0.214 e. The molecular weight excluding hydrogens is 473 g/mol. The number of nitrogens with one attached hydrogen (secondary N) is 2. The summed E-state index contributed by atoms with van der Waals surface area (Å²) < 4.78 is 21.7. The van der Waals surface area contributed by atoms with Crippen LogP contribution in [0.15, 0.2) is 79.1 Å². The molecule has 34 heavy (non-hydrogen) atoms. The van der Waals surface area contributed by atoms with Crippen molar-refractivity contribution in [3.05, 3.63) is 106 Å². The first kappa shape index (κ1) is 22.1. The fraction of sp³-hybridized carbons (Fsp3) is 0.0800. The number of ether oxygens (including phenoxy) is 1. The van der Waals surface area contributed by atoms with Crippen LogP contribution >= 0.6 is 23.8 Å². The second-order valence-corrected chi connectivity index (χ2v) is 8.34. The summed E-state index contributed by atoms with van der Waals surface area (Å²) in [6.07, 6.45) is 3.41. The van der Waals surface area contributed by atoms with E-state index in [0.29, 0.717) is 33.5 Å². The van der Waals surface area contributed by atoms with Crippen LogP contribution in [0.1, 0.15) is 11.1 Å². The molecule has 0 radical (unpaired) electrons. The van der Waals surface area contributed by atoms with Crippen molar-refractivity contribution in [3.63, 3.8) is 0 Å².